The van der Waals surface area contributed by atoms with Gasteiger partial charge in [0.2, 0.25) is 0 Å². The van der Waals surface area contributed by atoms with Gasteiger partial charge in [-0.3, -0.25) is 4.79 Å². The predicted molar refractivity (Wildman–Crippen MR) is 97.5 cm³/mol. The van der Waals surface area contributed by atoms with Crippen LogP contribution in [0.2, 0.25) is 0 Å². The Labute approximate surface area is 142 Å². The second-order valence-corrected chi connectivity index (χ2v) is 6.55. The molecule has 1 unspecified atom stereocenters. The lowest BCUT2D eigenvalue weighted by atomic mass is 10.0. The van der Waals surface area contributed by atoms with Gasteiger partial charge in [0.25, 0.3) is 5.91 Å². The molecule has 2 rings (SSSR count). The molecule has 0 saturated heterocycles. The number of rotatable bonds is 6. The van der Waals surface area contributed by atoms with E-state index in [1.54, 1.807) is 18.7 Å². The van der Waals surface area contributed by atoms with Crippen LogP contribution in [0.15, 0.2) is 53.4 Å². The predicted octanol–water partition coefficient (Wildman–Crippen LogP) is 4.94. The summed E-state index contributed by atoms with van der Waals surface area (Å²) in [6.07, 6.45) is 1.45. The number of anilines is 1. The lowest BCUT2D eigenvalue weighted by molar-refractivity contribution is -0.122. The molecule has 0 aromatic heterocycles. The number of carbonyl (C=O) groups excluding carboxylic acids is 1. The average molecular weight is 329 g/mol. The third-order valence-electron chi connectivity index (χ3n) is 3.55. The molecule has 4 heteroatoms. The van der Waals surface area contributed by atoms with Crippen molar-refractivity contribution in [2.45, 2.75) is 37.7 Å². The van der Waals surface area contributed by atoms with Crippen molar-refractivity contribution in [2.24, 2.45) is 0 Å². The topological polar surface area (TPSA) is 38.3 Å². The minimum absolute atomic E-state index is 0.151. The summed E-state index contributed by atoms with van der Waals surface area (Å²) in [5.41, 5.74) is 1.89. The fourth-order valence-electron chi connectivity index (χ4n) is 2.25. The number of carbonyl (C=O) groups is 1. The average Bonchev–Trinajstić information content (AvgIpc) is 2.55. The van der Waals surface area contributed by atoms with Crippen LogP contribution in [0.5, 0.6) is 5.75 Å². The van der Waals surface area contributed by atoms with Crippen LogP contribution in [0.3, 0.4) is 0 Å². The molecule has 3 nitrogen and oxygen atoms in total. The Bertz CT molecular complexity index is 670. The quantitative estimate of drug-likeness (QED) is 0.763. The van der Waals surface area contributed by atoms with E-state index in [1.165, 1.54) is 0 Å². The Kier molecular flexibility index (Phi) is 6.11. The fraction of sp³-hybridized carbons (Fsp3) is 0.316. The molecule has 0 aliphatic heterocycles. The number of hydrogen-bond donors (Lipinski definition) is 1. The van der Waals surface area contributed by atoms with Crippen molar-refractivity contribution in [3.8, 4) is 5.75 Å². The van der Waals surface area contributed by atoms with Crippen LogP contribution in [0.25, 0.3) is 0 Å². The van der Waals surface area contributed by atoms with Crippen molar-refractivity contribution in [3.05, 3.63) is 54.1 Å². The highest BCUT2D eigenvalue weighted by Gasteiger charge is 2.17. The number of hydrogen-bond acceptors (Lipinski definition) is 3. The third kappa shape index (κ3) is 4.76. The van der Waals surface area contributed by atoms with Gasteiger partial charge >= 0.3 is 0 Å². The molecule has 1 amide bonds. The van der Waals surface area contributed by atoms with Gasteiger partial charge in [0, 0.05) is 10.6 Å². The molecule has 2 aromatic rings. The van der Waals surface area contributed by atoms with Gasteiger partial charge in [-0.2, -0.15) is 0 Å². The zero-order chi connectivity index (χ0) is 16.8. The van der Waals surface area contributed by atoms with E-state index in [9.17, 15) is 4.79 Å². The van der Waals surface area contributed by atoms with Gasteiger partial charge in [0.15, 0.2) is 6.10 Å². The Morgan fingerprint density at radius 2 is 1.83 bits per heavy atom. The lowest BCUT2D eigenvalue weighted by Crippen LogP contribution is -2.30. The summed E-state index contributed by atoms with van der Waals surface area (Å²) in [6, 6.07) is 15.6. The molecule has 0 radical (unpaired) electrons. The highest BCUT2D eigenvalue weighted by molar-refractivity contribution is 7.98. The molecule has 0 aliphatic rings. The summed E-state index contributed by atoms with van der Waals surface area (Å²) >= 11 is 1.64. The van der Waals surface area contributed by atoms with Crippen molar-refractivity contribution in [2.75, 3.05) is 11.6 Å². The maximum atomic E-state index is 12.4. The van der Waals surface area contributed by atoms with Gasteiger partial charge in [0.1, 0.15) is 5.75 Å². The highest BCUT2D eigenvalue weighted by Crippen LogP contribution is 2.27. The summed E-state index contributed by atoms with van der Waals surface area (Å²) in [6.45, 7) is 5.99. The van der Waals surface area contributed by atoms with Crippen LogP contribution in [-0.2, 0) is 4.79 Å². The van der Waals surface area contributed by atoms with E-state index in [4.69, 9.17) is 4.74 Å². The molecule has 122 valence electrons. The Balaban J connectivity index is 2.05. The van der Waals surface area contributed by atoms with Gasteiger partial charge in [-0.1, -0.05) is 38.1 Å². The van der Waals surface area contributed by atoms with Gasteiger partial charge < -0.3 is 10.1 Å². The van der Waals surface area contributed by atoms with E-state index in [0.29, 0.717) is 5.92 Å². The largest absolute Gasteiger partial charge is 0.481 e. The van der Waals surface area contributed by atoms with E-state index in [-0.39, 0.29) is 5.91 Å². The first-order chi connectivity index (χ1) is 11.0. The van der Waals surface area contributed by atoms with Crippen LogP contribution >= 0.6 is 11.8 Å². The Morgan fingerprint density at radius 3 is 2.52 bits per heavy atom. The molecule has 0 fully saturated rings. The Morgan fingerprint density at radius 1 is 1.09 bits per heavy atom. The molecule has 1 N–H and O–H groups in total. The number of thioether (sulfide) groups is 1. The minimum atomic E-state index is -0.562. The van der Waals surface area contributed by atoms with Crippen LogP contribution < -0.4 is 10.1 Å². The molecule has 0 heterocycles. The number of ether oxygens (including phenoxy) is 1. The Hall–Kier alpha value is -1.94. The smallest absolute Gasteiger partial charge is 0.265 e. The summed E-state index contributed by atoms with van der Waals surface area (Å²) in [4.78, 5) is 13.5. The van der Waals surface area contributed by atoms with E-state index in [1.807, 2.05) is 54.8 Å². The van der Waals surface area contributed by atoms with E-state index >= 15 is 0 Å². The van der Waals surface area contributed by atoms with Gasteiger partial charge in [-0.15, -0.1) is 11.8 Å². The number of nitrogens with one attached hydrogen (secondary N) is 1. The first-order valence-electron chi connectivity index (χ1n) is 7.71. The summed E-state index contributed by atoms with van der Waals surface area (Å²) in [5.74, 6) is 0.963. The normalized spacial score (nSPS) is 12.0. The van der Waals surface area contributed by atoms with Crippen molar-refractivity contribution in [1.29, 1.82) is 0 Å². The van der Waals surface area contributed by atoms with Crippen LogP contribution in [0, 0.1) is 0 Å². The summed E-state index contributed by atoms with van der Waals surface area (Å²) in [5, 5.41) is 2.91. The third-order valence-corrected chi connectivity index (χ3v) is 4.28. The molecule has 0 aliphatic carbocycles. The van der Waals surface area contributed by atoms with Crippen LogP contribution in [0.1, 0.15) is 32.3 Å². The molecular formula is C19H23NO2S. The lowest BCUT2D eigenvalue weighted by Gasteiger charge is -2.18. The van der Waals surface area contributed by atoms with E-state index < -0.39 is 6.10 Å². The van der Waals surface area contributed by atoms with Crippen molar-refractivity contribution in [3.63, 3.8) is 0 Å². The van der Waals surface area contributed by atoms with E-state index in [2.05, 4.69) is 19.2 Å². The summed E-state index contributed by atoms with van der Waals surface area (Å²) in [7, 11) is 0. The number of amides is 1. The van der Waals surface area contributed by atoms with Crippen molar-refractivity contribution >= 4 is 23.4 Å². The minimum Gasteiger partial charge on any atom is -0.481 e. The van der Waals surface area contributed by atoms with Crippen LogP contribution in [0.4, 0.5) is 5.69 Å². The van der Waals surface area contributed by atoms with Gasteiger partial charge in [0.05, 0.1) is 0 Å². The molecular weight excluding hydrogens is 306 g/mol. The number of para-hydroxylation sites is 1. The maximum absolute atomic E-state index is 12.4. The molecule has 2 aromatic carbocycles. The monoisotopic (exact) mass is 329 g/mol. The van der Waals surface area contributed by atoms with Crippen molar-refractivity contribution < 1.29 is 9.53 Å². The molecule has 0 spiro atoms. The SMILES string of the molecule is CSc1cccc(NC(=O)C(C)Oc2ccccc2C(C)C)c1. The molecule has 1 atom stereocenters. The zero-order valence-corrected chi connectivity index (χ0v) is 14.8. The molecule has 0 saturated carbocycles. The zero-order valence-electron chi connectivity index (χ0n) is 14.0. The fourth-order valence-corrected chi connectivity index (χ4v) is 2.71. The number of benzene rings is 2. The molecule has 0 bridgehead atoms. The van der Waals surface area contributed by atoms with Gasteiger partial charge in [-0.05, 0) is 48.9 Å². The summed E-state index contributed by atoms with van der Waals surface area (Å²) < 4.78 is 5.88. The standard InChI is InChI=1S/C19H23NO2S/c1-13(2)17-10-5-6-11-18(17)22-14(3)19(21)20-15-8-7-9-16(12-15)23-4/h5-14H,1-4H3,(H,20,21). The van der Waals surface area contributed by atoms with E-state index in [0.717, 1.165) is 21.9 Å². The second kappa shape index (κ2) is 8.06. The highest BCUT2D eigenvalue weighted by atomic mass is 32.2. The van der Waals surface area contributed by atoms with Gasteiger partial charge in [-0.25, -0.2) is 0 Å². The first kappa shape index (κ1) is 17.4. The molecule has 23 heavy (non-hydrogen) atoms. The van der Waals surface area contributed by atoms with Crippen molar-refractivity contribution in [1.82, 2.24) is 0 Å². The maximum Gasteiger partial charge on any atom is 0.265 e. The second-order valence-electron chi connectivity index (χ2n) is 5.67. The van der Waals surface area contributed by atoms with Crippen LogP contribution in [-0.4, -0.2) is 18.3 Å². The first-order valence-corrected chi connectivity index (χ1v) is 8.94.